The molecule has 0 fully saturated rings. The molecule has 20 heavy (non-hydrogen) atoms. The summed E-state index contributed by atoms with van der Waals surface area (Å²) in [6, 6.07) is 14.7. The fraction of sp³-hybridized carbons (Fsp3) is 0.294. The number of fused-ring (bicyclic) bond motifs is 1. The van der Waals surface area contributed by atoms with Crippen molar-refractivity contribution in [2.75, 3.05) is 12.3 Å². The standard InChI is InChI=1S/C17H19NOS/c1-2-12-7-8-16(15(18)9-12)19-11-14-10-13-5-3-4-6-17(13)20-14/h3-9,14H,2,10-11,18H2,1H3. The van der Waals surface area contributed by atoms with Crippen molar-refractivity contribution in [3.63, 3.8) is 0 Å². The van der Waals surface area contributed by atoms with Crippen molar-refractivity contribution < 1.29 is 4.74 Å². The summed E-state index contributed by atoms with van der Waals surface area (Å²) in [5, 5.41) is 0.484. The van der Waals surface area contributed by atoms with Crippen LogP contribution in [0.5, 0.6) is 5.75 Å². The van der Waals surface area contributed by atoms with E-state index in [1.807, 2.05) is 23.9 Å². The lowest BCUT2D eigenvalue weighted by Crippen LogP contribution is -2.14. The van der Waals surface area contributed by atoms with E-state index in [0.717, 1.165) is 24.3 Å². The highest BCUT2D eigenvalue weighted by molar-refractivity contribution is 8.00. The Bertz CT molecular complexity index is 587. The van der Waals surface area contributed by atoms with E-state index in [4.69, 9.17) is 10.5 Å². The summed E-state index contributed by atoms with van der Waals surface area (Å²) in [5.41, 5.74) is 9.45. The van der Waals surface area contributed by atoms with Gasteiger partial charge in [-0.15, -0.1) is 11.8 Å². The molecule has 2 aromatic carbocycles. The van der Waals surface area contributed by atoms with Crippen LogP contribution in [0.2, 0.25) is 0 Å². The summed E-state index contributed by atoms with van der Waals surface area (Å²) in [4.78, 5) is 1.38. The molecular formula is C17H19NOS. The van der Waals surface area contributed by atoms with Crippen molar-refractivity contribution in [3.8, 4) is 5.75 Å². The molecule has 104 valence electrons. The molecular weight excluding hydrogens is 266 g/mol. The van der Waals surface area contributed by atoms with Crippen LogP contribution in [0.15, 0.2) is 47.4 Å². The van der Waals surface area contributed by atoms with Gasteiger partial charge in [0, 0.05) is 10.1 Å². The highest BCUT2D eigenvalue weighted by Crippen LogP contribution is 2.37. The number of anilines is 1. The number of rotatable bonds is 4. The molecule has 0 amide bonds. The van der Waals surface area contributed by atoms with Crippen LogP contribution in [-0.2, 0) is 12.8 Å². The van der Waals surface area contributed by atoms with Crippen LogP contribution in [0.4, 0.5) is 5.69 Å². The molecule has 1 unspecified atom stereocenters. The molecule has 3 heteroatoms. The smallest absolute Gasteiger partial charge is 0.142 e. The average molecular weight is 285 g/mol. The van der Waals surface area contributed by atoms with Crippen LogP contribution >= 0.6 is 11.8 Å². The highest BCUT2D eigenvalue weighted by Gasteiger charge is 2.22. The van der Waals surface area contributed by atoms with Gasteiger partial charge in [0.2, 0.25) is 0 Å². The minimum Gasteiger partial charge on any atom is -0.490 e. The predicted molar refractivity (Wildman–Crippen MR) is 85.5 cm³/mol. The lowest BCUT2D eigenvalue weighted by molar-refractivity contribution is 0.319. The van der Waals surface area contributed by atoms with Crippen molar-refractivity contribution in [1.29, 1.82) is 0 Å². The zero-order chi connectivity index (χ0) is 13.9. The van der Waals surface area contributed by atoms with Crippen LogP contribution < -0.4 is 10.5 Å². The predicted octanol–water partition coefficient (Wildman–Crippen LogP) is 3.93. The van der Waals surface area contributed by atoms with Crippen molar-refractivity contribution in [1.82, 2.24) is 0 Å². The summed E-state index contributed by atoms with van der Waals surface area (Å²) in [6.07, 6.45) is 2.08. The molecule has 0 radical (unpaired) electrons. The SMILES string of the molecule is CCc1ccc(OCC2Cc3ccccc3S2)c(N)c1. The van der Waals surface area contributed by atoms with E-state index in [1.54, 1.807) is 0 Å². The van der Waals surface area contributed by atoms with Crippen LogP contribution in [0, 0.1) is 0 Å². The normalized spacial score (nSPS) is 16.9. The largest absolute Gasteiger partial charge is 0.490 e. The second-order valence-electron chi connectivity index (χ2n) is 5.09. The maximum absolute atomic E-state index is 6.03. The third-order valence-corrected chi connectivity index (χ3v) is 4.91. The molecule has 1 aliphatic rings. The molecule has 0 saturated heterocycles. The monoisotopic (exact) mass is 285 g/mol. The molecule has 0 bridgehead atoms. The van der Waals surface area contributed by atoms with Crippen molar-refractivity contribution in [3.05, 3.63) is 53.6 Å². The number of benzene rings is 2. The molecule has 0 saturated carbocycles. The second kappa shape index (κ2) is 5.80. The molecule has 3 rings (SSSR count). The molecule has 2 N–H and O–H groups in total. The van der Waals surface area contributed by atoms with Gasteiger partial charge in [0.25, 0.3) is 0 Å². The van der Waals surface area contributed by atoms with Gasteiger partial charge in [-0.05, 0) is 42.2 Å². The first kappa shape index (κ1) is 13.4. The number of thioether (sulfide) groups is 1. The molecule has 0 spiro atoms. The fourth-order valence-electron chi connectivity index (χ4n) is 2.48. The first-order valence-corrected chi connectivity index (χ1v) is 7.90. The molecule has 2 nitrogen and oxygen atoms in total. The topological polar surface area (TPSA) is 35.2 Å². The van der Waals surface area contributed by atoms with E-state index in [1.165, 1.54) is 16.0 Å². The van der Waals surface area contributed by atoms with Gasteiger partial charge >= 0.3 is 0 Å². The van der Waals surface area contributed by atoms with Crippen molar-refractivity contribution in [2.24, 2.45) is 0 Å². The Hall–Kier alpha value is -1.61. The Morgan fingerprint density at radius 3 is 2.85 bits per heavy atom. The average Bonchev–Trinajstić information content (AvgIpc) is 2.88. The second-order valence-corrected chi connectivity index (χ2v) is 6.43. The lowest BCUT2D eigenvalue weighted by atomic mass is 10.1. The van der Waals surface area contributed by atoms with Crippen molar-refractivity contribution >= 4 is 17.4 Å². The Morgan fingerprint density at radius 2 is 2.10 bits per heavy atom. The van der Waals surface area contributed by atoms with Gasteiger partial charge in [0.1, 0.15) is 12.4 Å². The van der Waals surface area contributed by atoms with Gasteiger partial charge in [-0.1, -0.05) is 31.2 Å². The van der Waals surface area contributed by atoms with E-state index in [9.17, 15) is 0 Å². The first-order valence-electron chi connectivity index (χ1n) is 7.02. The molecule has 1 atom stereocenters. The maximum atomic E-state index is 6.03. The number of aryl methyl sites for hydroxylation is 1. The summed E-state index contributed by atoms with van der Waals surface area (Å²) < 4.78 is 5.91. The minimum atomic E-state index is 0.484. The lowest BCUT2D eigenvalue weighted by Gasteiger charge is -2.13. The van der Waals surface area contributed by atoms with Gasteiger partial charge < -0.3 is 10.5 Å². The molecule has 1 aliphatic heterocycles. The summed E-state index contributed by atoms with van der Waals surface area (Å²) in [5.74, 6) is 0.804. The Morgan fingerprint density at radius 1 is 1.25 bits per heavy atom. The maximum Gasteiger partial charge on any atom is 0.142 e. The Kier molecular flexibility index (Phi) is 3.88. The summed E-state index contributed by atoms with van der Waals surface area (Å²) in [6.45, 7) is 2.83. The van der Waals surface area contributed by atoms with Crippen molar-refractivity contribution in [2.45, 2.75) is 29.9 Å². The Balaban J connectivity index is 1.61. The van der Waals surface area contributed by atoms with Gasteiger partial charge in [-0.25, -0.2) is 0 Å². The van der Waals surface area contributed by atoms with Gasteiger partial charge in [0.15, 0.2) is 0 Å². The third kappa shape index (κ3) is 2.78. The first-order chi connectivity index (χ1) is 9.76. The molecule has 1 heterocycles. The van der Waals surface area contributed by atoms with E-state index in [0.29, 0.717) is 11.9 Å². The summed E-state index contributed by atoms with van der Waals surface area (Å²) in [7, 11) is 0. The minimum absolute atomic E-state index is 0.484. The van der Waals surface area contributed by atoms with E-state index in [2.05, 4.69) is 37.3 Å². The summed E-state index contributed by atoms with van der Waals surface area (Å²) >= 11 is 1.90. The van der Waals surface area contributed by atoms with Crippen LogP contribution in [0.25, 0.3) is 0 Å². The van der Waals surface area contributed by atoms with Crippen LogP contribution in [0.3, 0.4) is 0 Å². The van der Waals surface area contributed by atoms with Gasteiger partial charge in [-0.2, -0.15) is 0 Å². The van der Waals surface area contributed by atoms with Gasteiger partial charge in [-0.3, -0.25) is 0 Å². The molecule has 2 aromatic rings. The van der Waals surface area contributed by atoms with E-state index < -0.39 is 0 Å². The fourth-order valence-corrected chi connectivity index (χ4v) is 3.70. The van der Waals surface area contributed by atoms with Crippen LogP contribution in [0.1, 0.15) is 18.1 Å². The molecule has 0 aromatic heterocycles. The zero-order valence-corrected chi connectivity index (χ0v) is 12.5. The number of hydrogen-bond acceptors (Lipinski definition) is 3. The number of hydrogen-bond donors (Lipinski definition) is 1. The van der Waals surface area contributed by atoms with Gasteiger partial charge in [0.05, 0.1) is 5.69 Å². The number of nitrogen functional groups attached to an aromatic ring is 1. The third-order valence-electron chi connectivity index (χ3n) is 3.62. The highest BCUT2D eigenvalue weighted by atomic mass is 32.2. The number of ether oxygens (including phenoxy) is 1. The van der Waals surface area contributed by atoms with Crippen LogP contribution in [-0.4, -0.2) is 11.9 Å². The number of nitrogens with two attached hydrogens (primary N) is 1. The van der Waals surface area contributed by atoms with E-state index >= 15 is 0 Å². The Labute approximate surface area is 124 Å². The van der Waals surface area contributed by atoms with E-state index in [-0.39, 0.29) is 0 Å². The quantitative estimate of drug-likeness (QED) is 0.865. The molecule has 0 aliphatic carbocycles. The zero-order valence-electron chi connectivity index (χ0n) is 11.6.